The summed E-state index contributed by atoms with van der Waals surface area (Å²) in [6, 6.07) is 6.25. The molecular formula is C12H12O2. The SMILES string of the molecule is Cc1cc(C)cc(C2=CC(=O)OC2)c1. The van der Waals surface area contributed by atoms with E-state index in [-0.39, 0.29) is 5.97 Å². The second-order valence-corrected chi connectivity index (χ2v) is 3.65. The maximum absolute atomic E-state index is 10.9. The van der Waals surface area contributed by atoms with Gasteiger partial charge in [0, 0.05) is 11.6 Å². The van der Waals surface area contributed by atoms with Gasteiger partial charge in [-0.1, -0.05) is 29.3 Å². The maximum Gasteiger partial charge on any atom is 0.331 e. The smallest absolute Gasteiger partial charge is 0.331 e. The summed E-state index contributed by atoms with van der Waals surface area (Å²) in [6.45, 7) is 4.51. The Balaban J connectivity index is 2.42. The fourth-order valence-corrected chi connectivity index (χ4v) is 1.70. The van der Waals surface area contributed by atoms with Crippen LogP contribution in [0.3, 0.4) is 0 Å². The Kier molecular flexibility index (Phi) is 2.12. The summed E-state index contributed by atoms with van der Waals surface area (Å²) in [5.74, 6) is -0.237. The van der Waals surface area contributed by atoms with Crippen LogP contribution in [-0.2, 0) is 9.53 Å². The standard InChI is InChI=1S/C12H12O2/c1-8-3-9(2)5-10(4-8)11-6-12(13)14-7-11/h3-6H,7H2,1-2H3. The average Bonchev–Trinajstić information content (AvgIpc) is 2.50. The number of esters is 1. The van der Waals surface area contributed by atoms with Gasteiger partial charge >= 0.3 is 5.97 Å². The molecule has 1 aromatic rings. The number of ether oxygens (including phenoxy) is 1. The quantitative estimate of drug-likeness (QED) is 0.632. The molecule has 0 atom stereocenters. The molecule has 14 heavy (non-hydrogen) atoms. The third kappa shape index (κ3) is 1.69. The Labute approximate surface area is 83.2 Å². The van der Waals surface area contributed by atoms with Crippen molar-refractivity contribution in [2.45, 2.75) is 13.8 Å². The highest BCUT2D eigenvalue weighted by atomic mass is 16.5. The zero-order valence-electron chi connectivity index (χ0n) is 8.33. The highest BCUT2D eigenvalue weighted by Gasteiger charge is 2.14. The number of carbonyl (C=O) groups excluding carboxylic acids is 1. The van der Waals surface area contributed by atoms with E-state index in [2.05, 4.69) is 32.0 Å². The average molecular weight is 188 g/mol. The molecule has 0 unspecified atom stereocenters. The van der Waals surface area contributed by atoms with Crippen LogP contribution in [0.4, 0.5) is 0 Å². The van der Waals surface area contributed by atoms with Crippen molar-refractivity contribution < 1.29 is 9.53 Å². The number of cyclic esters (lactones) is 1. The van der Waals surface area contributed by atoms with Crippen molar-refractivity contribution in [1.29, 1.82) is 0 Å². The van der Waals surface area contributed by atoms with E-state index in [9.17, 15) is 4.79 Å². The summed E-state index contributed by atoms with van der Waals surface area (Å²) < 4.78 is 4.87. The van der Waals surface area contributed by atoms with E-state index in [1.165, 1.54) is 11.1 Å². The van der Waals surface area contributed by atoms with Gasteiger partial charge in [0.2, 0.25) is 0 Å². The van der Waals surface area contributed by atoms with E-state index in [0.29, 0.717) is 6.61 Å². The summed E-state index contributed by atoms with van der Waals surface area (Å²) in [6.07, 6.45) is 1.56. The van der Waals surface area contributed by atoms with E-state index in [0.717, 1.165) is 11.1 Å². The highest BCUT2D eigenvalue weighted by molar-refractivity contribution is 5.95. The Morgan fingerprint density at radius 3 is 2.29 bits per heavy atom. The lowest BCUT2D eigenvalue weighted by Crippen LogP contribution is -1.92. The first-order chi connectivity index (χ1) is 6.65. The molecule has 2 nitrogen and oxygen atoms in total. The molecule has 0 amide bonds. The normalized spacial score (nSPS) is 15.3. The van der Waals surface area contributed by atoms with Gasteiger partial charge in [-0.25, -0.2) is 4.79 Å². The van der Waals surface area contributed by atoms with Crippen molar-refractivity contribution in [2.24, 2.45) is 0 Å². The summed E-state index contributed by atoms with van der Waals surface area (Å²) in [4.78, 5) is 10.9. The van der Waals surface area contributed by atoms with E-state index in [4.69, 9.17) is 4.74 Å². The summed E-state index contributed by atoms with van der Waals surface area (Å²) >= 11 is 0. The van der Waals surface area contributed by atoms with Gasteiger partial charge in [0.1, 0.15) is 6.61 Å². The minimum atomic E-state index is -0.237. The molecule has 0 saturated carbocycles. The van der Waals surface area contributed by atoms with E-state index in [1.54, 1.807) is 6.08 Å². The minimum absolute atomic E-state index is 0.237. The molecule has 0 aliphatic carbocycles. The summed E-state index contributed by atoms with van der Waals surface area (Å²) in [5, 5.41) is 0. The van der Waals surface area contributed by atoms with Crippen molar-refractivity contribution >= 4 is 11.5 Å². The van der Waals surface area contributed by atoms with Crippen LogP contribution < -0.4 is 0 Å². The van der Waals surface area contributed by atoms with Gasteiger partial charge < -0.3 is 4.74 Å². The molecule has 1 aromatic carbocycles. The highest BCUT2D eigenvalue weighted by Crippen LogP contribution is 2.21. The molecule has 2 rings (SSSR count). The lowest BCUT2D eigenvalue weighted by molar-refractivity contribution is -0.134. The second-order valence-electron chi connectivity index (χ2n) is 3.65. The van der Waals surface area contributed by atoms with E-state index >= 15 is 0 Å². The molecule has 0 radical (unpaired) electrons. The van der Waals surface area contributed by atoms with Gasteiger partial charge in [-0.05, 0) is 19.4 Å². The van der Waals surface area contributed by atoms with E-state index in [1.807, 2.05) is 0 Å². The Hall–Kier alpha value is -1.57. The summed E-state index contributed by atoms with van der Waals surface area (Å²) in [5.41, 5.74) is 4.48. The molecule has 1 aliphatic rings. The monoisotopic (exact) mass is 188 g/mol. The minimum Gasteiger partial charge on any atom is -0.458 e. The predicted molar refractivity (Wildman–Crippen MR) is 54.9 cm³/mol. The number of aryl methyl sites for hydroxylation is 2. The summed E-state index contributed by atoms with van der Waals surface area (Å²) in [7, 11) is 0. The van der Waals surface area contributed by atoms with Gasteiger partial charge in [-0.3, -0.25) is 0 Å². The first-order valence-electron chi connectivity index (χ1n) is 4.61. The number of rotatable bonds is 1. The topological polar surface area (TPSA) is 26.3 Å². The number of hydrogen-bond acceptors (Lipinski definition) is 2. The van der Waals surface area contributed by atoms with Gasteiger partial charge in [0.15, 0.2) is 0 Å². The number of hydrogen-bond donors (Lipinski definition) is 0. The van der Waals surface area contributed by atoms with Crippen molar-refractivity contribution in [3.05, 3.63) is 41.0 Å². The second kappa shape index (κ2) is 3.29. The maximum atomic E-state index is 10.9. The largest absolute Gasteiger partial charge is 0.458 e. The lowest BCUT2D eigenvalue weighted by Gasteiger charge is -2.04. The Morgan fingerprint density at radius 1 is 1.14 bits per heavy atom. The zero-order chi connectivity index (χ0) is 10.1. The molecule has 0 N–H and O–H groups in total. The molecule has 0 saturated heterocycles. The van der Waals surface area contributed by atoms with E-state index < -0.39 is 0 Å². The molecule has 2 heteroatoms. The van der Waals surface area contributed by atoms with Crippen LogP contribution >= 0.6 is 0 Å². The van der Waals surface area contributed by atoms with Crippen molar-refractivity contribution in [2.75, 3.05) is 6.61 Å². The predicted octanol–water partition coefficient (Wildman–Crippen LogP) is 2.24. The van der Waals surface area contributed by atoms with Crippen LogP contribution in [0.1, 0.15) is 16.7 Å². The zero-order valence-corrected chi connectivity index (χ0v) is 8.33. The van der Waals surface area contributed by atoms with Crippen molar-refractivity contribution in [3.8, 4) is 0 Å². The first kappa shape index (κ1) is 9.00. The number of benzene rings is 1. The third-order valence-corrected chi connectivity index (χ3v) is 2.25. The molecule has 0 bridgehead atoms. The van der Waals surface area contributed by atoms with Crippen LogP contribution in [-0.4, -0.2) is 12.6 Å². The van der Waals surface area contributed by atoms with Crippen molar-refractivity contribution in [1.82, 2.24) is 0 Å². The van der Waals surface area contributed by atoms with Crippen LogP contribution in [0.15, 0.2) is 24.3 Å². The third-order valence-electron chi connectivity index (χ3n) is 2.25. The van der Waals surface area contributed by atoms with Crippen LogP contribution in [0, 0.1) is 13.8 Å². The Bertz CT molecular complexity index is 396. The van der Waals surface area contributed by atoms with Crippen molar-refractivity contribution in [3.63, 3.8) is 0 Å². The molecule has 72 valence electrons. The van der Waals surface area contributed by atoms with Gasteiger partial charge in [-0.2, -0.15) is 0 Å². The fourth-order valence-electron chi connectivity index (χ4n) is 1.70. The fraction of sp³-hybridized carbons (Fsp3) is 0.250. The molecular weight excluding hydrogens is 176 g/mol. The Morgan fingerprint density at radius 2 is 1.79 bits per heavy atom. The number of carbonyl (C=O) groups is 1. The first-order valence-corrected chi connectivity index (χ1v) is 4.61. The van der Waals surface area contributed by atoms with Gasteiger partial charge in [-0.15, -0.1) is 0 Å². The van der Waals surface area contributed by atoms with Crippen LogP contribution in [0.5, 0.6) is 0 Å². The lowest BCUT2D eigenvalue weighted by atomic mass is 10.0. The molecule has 0 aromatic heterocycles. The molecule has 0 fully saturated rings. The van der Waals surface area contributed by atoms with Crippen LogP contribution in [0.2, 0.25) is 0 Å². The molecule has 0 spiro atoms. The van der Waals surface area contributed by atoms with Crippen LogP contribution in [0.25, 0.3) is 5.57 Å². The molecule has 1 heterocycles. The molecule has 1 aliphatic heterocycles. The van der Waals surface area contributed by atoms with Gasteiger partial charge in [0.25, 0.3) is 0 Å². The van der Waals surface area contributed by atoms with Gasteiger partial charge in [0.05, 0.1) is 0 Å².